The Labute approximate surface area is 93.8 Å². The molecule has 1 saturated heterocycles. The van der Waals surface area contributed by atoms with Gasteiger partial charge in [0, 0.05) is 6.54 Å². The van der Waals surface area contributed by atoms with Crippen LogP contribution < -0.4 is 5.32 Å². The minimum absolute atomic E-state index is 0.572. The van der Waals surface area contributed by atoms with Crippen LogP contribution in [0, 0.1) is 11.8 Å². The van der Waals surface area contributed by atoms with E-state index in [1.165, 1.54) is 51.6 Å². The zero-order chi connectivity index (χ0) is 10.5. The Morgan fingerprint density at radius 1 is 1.13 bits per heavy atom. The van der Waals surface area contributed by atoms with E-state index >= 15 is 0 Å². The molecule has 1 saturated carbocycles. The fourth-order valence-corrected chi connectivity index (χ4v) is 2.73. The lowest BCUT2D eigenvalue weighted by atomic mass is 9.89. The van der Waals surface area contributed by atoms with Crippen LogP contribution in [0.5, 0.6) is 0 Å². The van der Waals surface area contributed by atoms with E-state index in [-0.39, 0.29) is 0 Å². The van der Waals surface area contributed by atoms with Crippen LogP contribution in [0.4, 0.5) is 0 Å². The molecular weight excluding hydrogens is 186 g/mol. The molecule has 15 heavy (non-hydrogen) atoms. The summed E-state index contributed by atoms with van der Waals surface area (Å²) in [5.41, 5.74) is 0. The normalized spacial score (nSPS) is 37.8. The molecule has 0 amide bonds. The number of hydrogen-bond donors (Lipinski definition) is 1. The van der Waals surface area contributed by atoms with Crippen LogP contribution in [-0.4, -0.2) is 25.8 Å². The Kier molecular flexibility index (Phi) is 4.45. The van der Waals surface area contributed by atoms with E-state index in [2.05, 4.69) is 12.2 Å². The topological polar surface area (TPSA) is 21.3 Å². The maximum atomic E-state index is 6.03. The minimum atomic E-state index is 0.572. The van der Waals surface area contributed by atoms with Gasteiger partial charge in [0.25, 0.3) is 0 Å². The van der Waals surface area contributed by atoms with Crippen molar-refractivity contribution in [1.82, 2.24) is 5.32 Å². The van der Waals surface area contributed by atoms with Gasteiger partial charge in [-0.25, -0.2) is 0 Å². The summed E-state index contributed by atoms with van der Waals surface area (Å²) >= 11 is 0. The van der Waals surface area contributed by atoms with Gasteiger partial charge in [-0.05, 0) is 56.9 Å². The van der Waals surface area contributed by atoms with Crippen LogP contribution in [0.15, 0.2) is 0 Å². The smallest absolute Gasteiger partial charge is 0.0575 e. The van der Waals surface area contributed by atoms with Crippen molar-refractivity contribution in [1.29, 1.82) is 0 Å². The van der Waals surface area contributed by atoms with Crippen LogP contribution in [0.25, 0.3) is 0 Å². The zero-order valence-electron chi connectivity index (χ0n) is 10.0. The van der Waals surface area contributed by atoms with Crippen LogP contribution in [0.3, 0.4) is 0 Å². The molecule has 2 nitrogen and oxygen atoms in total. The number of nitrogens with one attached hydrogen (secondary N) is 1. The Morgan fingerprint density at radius 3 is 2.60 bits per heavy atom. The van der Waals surface area contributed by atoms with Crippen LogP contribution >= 0.6 is 0 Å². The van der Waals surface area contributed by atoms with E-state index in [1.54, 1.807) is 0 Å². The van der Waals surface area contributed by atoms with Gasteiger partial charge in [0.2, 0.25) is 0 Å². The second-order valence-corrected chi connectivity index (χ2v) is 5.43. The second-order valence-electron chi connectivity index (χ2n) is 5.43. The molecule has 1 unspecified atom stereocenters. The summed E-state index contributed by atoms with van der Waals surface area (Å²) in [4.78, 5) is 0. The van der Waals surface area contributed by atoms with Crippen LogP contribution in [0.2, 0.25) is 0 Å². The fraction of sp³-hybridized carbons (Fsp3) is 1.00. The van der Waals surface area contributed by atoms with E-state index in [0.29, 0.717) is 6.10 Å². The average molecular weight is 211 g/mol. The fourth-order valence-electron chi connectivity index (χ4n) is 2.73. The molecule has 2 heteroatoms. The third kappa shape index (κ3) is 3.76. The molecule has 0 aromatic rings. The molecule has 2 fully saturated rings. The lowest BCUT2D eigenvalue weighted by Crippen LogP contribution is -2.33. The summed E-state index contributed by atoms with van der Waals surface area (Å²) in [5.74, 6) is 1.71. The van der Waals surface area contributed by atoms with E-state index in [0.717, 1.165) is 18.4 Å². The highest BCUT2D eigenvalue weighted by Crippen LogP contribution is 2.26. The Balaban J connectivity index is 1.60. The third-order valence-corrected chi connectivity index (χ3v) is 3.93. The quantitative estimate of drug-likeness (QED) is 0.774. The van der Waals surface area contributed by atoms with E-state index in [9.17, 15) is 0 Å². The monoisotopic (exact) mass is 211 g/mol. The van der Waals surface area contributed by atoms with Crippen molar-refractivity contribution in [2.75, 3.05) is 19.7 Å². The van der Waals surface area contributed by atoms with Crippen molar-refractivity contribution in [2.45, 2.75) is 51.6 Å². The SMILES string of the molecule is CC1CCC(OCC2CCCNC2)CC1. The average Bonchev–Trinajstić information content (AvgIpc) is 2.30. The molecule has 0 aromatic heterocycles. The molecule has 0 aromatic carbocycles. The first-order valence-corrected chi connectivity index (χ1v) is 6.67. The number of rotatable bonds is 3. The maximum absolute atomic E-state index is 6.03. The van der Waals surface area contributed by atoms with Gasteiger partial charge in [-0.1, -0.05) is 6.92 Å². The van der Waals surface area contributed by atoms with Gasteiger partial charge in [-0.15, -0.1) is 0 Å². The standard InChI is InChI=1S/C13H25NO/c1-11-4-6-13(7-5-11)15-10-12-3-2-8-14-9-12/h11-14H,2-10H2,1H3. The molecule has 1 heterocycles. The third-order valence-electron chi connectivity index (χ3n) is 3.93. The summed E-state index contributed by atoms with van der Waals surface area (Å²) in [6.45, 7) is 5.73. The highest BCUT2D eigenvalue weighted by molar-refractivity contribution is 4.72. The molecule has 1 atom stereocenters. The molecule has 0 spiro atoms. The molecular formula is C13H25NO. The molecule has 1 aliphatic heterocycles. The van der Waals surface area contributed by atoms with Gasteiger partial charge < -0.3 is 10.1 Å². The molecule has 2 rings (SSSR count). The van der Waals surface area contributed by atoms with Crippen LogP contribution in [-0.2, 0) is 4.74 Å². The first-order chi connectivity index (χ1) is 7.34. The van der Waals surface area contributed by atoms with Crippen molar-refractivity contribution in [3.63, 3.8) is 0 Å². The predicted molar refractivity (Wildman–Crippen MR) is 63.0 cm³/mol. The van der Waals surface area contributed by atoms with Crippen LogP contribution in [0.1, 0.15) is 45.4 Å². The first kappa shape index (κ1) is 11.4. The van der Waals surface area contributed by atoms with Gasteiger partial charge in [0.05, 0.1) is 12.7 Å². The van der Waals surface area contributed by atoms with Gasteiger partial charge in [0.1, 0.15) is 0 Å². The maximum Gasteiger partial charge on any atom is 0.0575 e. The summed E-state index contributed by atoms with van der Waals surface area (Å²) in [5, 5.41) is 3.45. The highest BCUT2D eigenvalue weighted by atomic mass is 16.5. The summed E-state index contributed by atoms with van der Waals surface area (Å²) < 4.78 is 6.03. The first-order valence-electron chi connectivity index (χ1n) is 6.67. The van der Waals surface area contributed by atoms with Crippen molar-refractivity contribution in [3.8, 4) is 0 Å². The Bertz CT molecular complexity index is 169. The molecule has 2 aliphatic rings. The number of piperidine rings is 1. The van der Waals surface area contributed by atoms with Crippen molar-refractivity contribution >= 4 is 0 Å². The Hall–Kier alpha value is -0.0800. The molecule has 0 radical (unpaired) electrons. The predicted octanol–water partition coefficient (Wildman–Crippen LogP) is 2.58. The van der Waals surface area contributed by atoms with E-state index in [4.69, 9.17) is 4.74 Å². The molecule has 1 N–H and O–H groups in total. The van der Waals surface area contributed by atoms with E-state index in [1.807, 2.05) is 0 Å². The largest absolute Gasteiger partial charge is 0.378 e. The molecule has 0 bridgehead atoms. The molecule has 88 valence electrons. The van der Waals surface area contributed by atoms with E-state index < -0.39 is 0 Å². The van der Waals surface area contributed by atoms with Gasteiger partial charge in [-0.2, -0.15) is 0 Å². The lowest BCUT2D eigenvalue weighted by Gasteiger charge is -2.29. The van der Waals surface area contributed by atoms with Crippen molar-refractivity contribution < 1.29 is 4.74 Å². The lowest BCUT2D eigenvalue weighted by molar-refractivity contribution is -0.00308. The zero-order valence-corrected chi connectivity index (χ0v) is 10.0. The van der Waals surface area contributed by atoms with Crippen molar-refractivity contribution in [3.05, 3.63) is 0 Å². The van der Waals surface area contributed by atoms with Gasteiger partial charge in [0.15, 0.2) is 0 Å². The number of hydrogen-bond acceptors (Lipinski definition) is 2. The summed E-state index contributed by atoms with van der Waals surface area (Å²) in [6.07, 6.45) is 8.58. The number of ether oxygens (including phenoxy) is 1. The second kappa shape index (κ2) is 5.86. The minimum Gasteiger partial charge on any atom is -0.378 e. The highest BCUT2D eigenvalue weighted by Gasteiger charge is 2.20. The van der Waals surface area contributed by atoms with Crippen molar-refractivity contribution in [2.24, 2.45) is 11.8 Å². The van der Waals surface area contributed by atoms with Gasteiger partial charge in [-0.3, -0.25) is 0 Å². The Morgan fingerprint density at radius 2 is 1.93 bits per heavy atom. The van der Waals surface area contributed by atoms with Gasteiger partial charge >= 0.3 is 0 Å². The molecule has 1 aliphatic carbocycles. The summed E-state index contributed by atoms with van der Waals surface area (Å²) in [7, 11) is 0. The summed E-state index contributed by atoms with van der Waals surface area (Å²) in [6, 6.07) is 0.